The Morgan fingerprint density at radius 2 is 1.70 bits per heavy atom. The second-order valence-electron chi connectivity index (χ2n) is 5.93. The van der Waals surface area contributed by atoms with E-state index in [0.717, 1.165) is 11.3 Å². The van der Waals surface area contributed by atoms with Crippen molar-refractivity contribution in [3.05, 3.63) is 53.1 Å². The van der Waals surface area contributed by atoms with E-state index in [1.54, 1.807) is 32.0 Å². The molecule has 0 aliphatic rings. The molecule has 0 radical (unpaired) electrons. The summed E-state index contributed by atoms with van der Waals surface area (Å²) in [7, 11) is -3.51. The Morgan fingerprint density at radius 3 is 2.30 bits per heavy atom. The molecule has 0 aliphatic heterocycles. The van der Waals surface area contributed by atoms with Crippen LogP contribution in [0.1, 0.15) is 19.4 Å². The number of rotatable bonds is 8. The van der Waals surface area contributed by atoms with Gasteiger partial charge in [-0.3, -0.25) is 4.79 Å². The summed E-state index contributed by atoms with van der Waals surface area (Å²) in [4.78, 5) is 12.3. The SMILES string of the molecule is CCN(CC)S(=O)(=O)c1ccc(NC(=O)CNc2cccc(Cl)c2C)cc1. The Labute approximate surface area is 165 Å². The van der Waals surface area contributed by atoms with Crippen molar-refractivity contribution in [1.29, 1.82) is 0 Å². The second-order valence-corrected chi connectivity index (χ2v) is 8.27. The average Bonchev–Trinajstić information content (AvgIpc) is 2.64. The lowest BCUT2D eigenvalue weighted by atomic mass is 10.2. The summed E-state index contributed by atoms with van der Waals surface area (Å²) >= 11 is 6.06. The standard InChI is InChI=1S/C19H24ClN3O3S/c1-4-23(5-2)27(25,26)16-11-9-15(10-12-16)22-19(24)13-21-18-8-6-7-17(20)14(18)3/h6-12,21H,4-5,13H2,1-3H3,(H,22,24). The number of anilines is 2. The molecule has 27 heavy (non-hydrogen) atoms. The molecule has 2 rings (SSSR count). The van der Waals surface area contributed by atoms with Crippen molar-refractivity contribution in [2.75, 3.05) is 30.3 Å². The van der Waals surface area contributed by atoms with Crippen molar-refractivity contribution >= 4 is 38.9 Å². The highest BCUT2D eigenvalue weighted by atomic mass is 35.5. The van der Waals surface area contributed by atoms with Crippen LogP contribution in [0.15, 0.2) is 47.4 Å². The van der Waals surface area contributed by atoms with E-state index in [9.17, 15) is 13.2 Å². The summed E-state index contributed by atoms with van der Waals surface area (Å²) in [5.41, 5.74) is 2.19. The quantitative estimate of drug-likeness (QED) is 0.696. The lowest BCUT2D eigenvalue weighted by Crippen LogP contribution is -2.30. The molecule has 0 aliphatic carbocycles. The second kappa shape index (κ2) is 9.21. The summed E-state index contributed by atoms with van der Waals surface area (Å²) in [5.74, 6) is -0.242. The molecule has 2 aromatic rings. The van der Waals surface area contributed by atoms with E-state index in [-0.39, 0.29) is 17.3 Å². The zero-order valence-electron chi connectivity index (χ0n) is 15.6. The largest absolute Gasteiger partial charge is 0.376 e. The van der Waals surface area contributed by atoms with Gasteiger partial charge in [0.15, 0.2) is 0 Å². The van der Waals surface area contributed by atoms with Gasteiger partial charge in [0.05, 0.1) is 11.4 Å². The van der Waals surface area contributed by atoms with E-state index in [1.165, 1.54) is 16.4 Å². The fourth-order valence-corrected chi connectivity index (χ4v) is 4.24. The molecule has 0 atom stereocenters. The fourth-order valence-electron chi connectivity index (χ4n) is 2.60. The van der Waals surface area contributed by atoms with Crippen molar-refractivity contribution in [1.82, 2.24) is 4.31 Å². The van der Waals surface area contributed by atoms with Crippen molar-refractivity contribution in [3.63, 3.8) is 0 Å². The van der Waals surface area contributed by atoms with E-state index in [1.807, 2.05) is 19.1 Å². The first-order valence-electron chi connectivity index (χ1n) is 8.68. The van der Waals surface area contributed by atoms with Gasteiger partial charge in [-0.15, -0.1) is 0 Å². The summed E-state index contributed by atoms with van der Waals surface area (Å²) in [6.45, 7) is 6.35. The first-order valence-corrected chi connectivity index (χ1v) is 10.5. The van der Waals surface area contributed by atoms with Crippen LogP contribution < -0.4 is 10.6 Å². The monoisotopic (exact) mass is 409 g/mol. The molecule has 0 saturated heterocycles. The molecule has 2 N–H and O–H groups in total. The Hall–Kier alpha value is -2.09. The lowest BCUT2D eigenvalue weighted by Gasteiger charge is -2.18. The van der Waals surface area contributed by atoms with Gasteiger partial charge < -0.3 is 10.6 Å². The first-order chi connectivity index (χ1) is 12.8. The fraction of sp³-hybridized carbons (Fsp3) is 0.316. The van der Waals surface area contributed by atoms with Gasteiger partial charge in [-0.05, 0) is 48.9 Å². The minimum Gasteiger partial charge on any atom is -0.376 e. The van der Waals surface area contributed by atoms with E-state index in [0.29, 0.717) is 23.8 Å². The number of amides is 1. The Balaban J connectivity index is 2.00. The van der Waals surface area contributed by atoms with Crippen LogP contribution in [0.5, 0.6) is 0 Å². The minimum atomic E-state index is -3.51. The first kappa shape index (κ1) is 21.2. The van der Waals surface area contributed by atoms with E-state index >= 15 is 0 Å². The van der Waals surface area contributed by atoms with Crippen LogP contribution in [0.4, 0.5) is 11.4 Å². The normalized spacial score (nSPS) is 11.4. The third-order valence-electron chi connectivity index (χ3n) is 4.19. The highest BCUT2D eigenvalue weighted by Gasteiger charge is 2.21. The van der Waals surface area contributed by atoms with Gasteiger partial charge in [-0.2, -0.15) is 4.31 Å². The summed E-state index contributed by atoms with van der Waals surface area (Å²) < 4.78 is 26.3. The predicted molar refractivity (Wildman–Crippen MR) is 110 cm³/mol. The average molecular weight is 410 g/mol. The van der Waals surface area contributed by atoms with Gasteiger partial charge >= 0.3 is 0 Å². The highest BCUT2D eigenvalue weighted by molar-refractivity contribution is 7.89. The van der Waals surface area contributed by atoms with E-state index in [4.69, 9.17) is 11.6 Å². The minimum absolute atomic E-state index is 0.0701. The predicted octanol–water partition coefficient (Wildman–Crippen LogP) is 3.73. The third-order valence-corrected chi connectivity index (χ3v) is 6.66. The van der Waals surface area contributed by atoms with Gasteiger partial charge in [0, 0.05) is 29.5 Å². The van der Waals surface area contributed by atoms with Crippen LogP contribution in [-0.2, 0) is 14.8 Å². The zero-order valence-corrected chi connectivity index (χ0v) is 17.2. The molecule has 6 nitrogen and oxygen atoms in total. The van der Waals surface area contributed by atoms with Crippen LogP contribution >= 0.6 is 11.6 Å². The van der Waals surface area contributed by atoms with Gasteiger partial charge in [0.25, 0.3) is 0 Å². The Bertz CT molecular complexity index is 895. The van der Waals surface area contributed by atoms with Gasteiger partial charge in [0.2, 0.25) is 15.9 Å². The number of nitrogens with one attached hydrogen (secondary N) is 2. The van der Waals surface area contributed by atoms with Crippen molar-refractivity contribution in [2.45, 2.75) is 25.7 Å². The molecule has 0 spiro atoms. The molecule has 2 aromatic carbocycles. The molecule has 0 unspecified atom stereocenters. The van der Waals surface area contributed by atoms with Crippen LogP contribution in [0.2, 0.25) is 5.02 Å². The van der Waals surface area contributed by atoms with Gasteiger partial charge in [-0.1, -0.05) is 31.5 Å². The summed E-state index contributed by atoms with van der Waals surface area (Å²) in [6, 6.07) is 11.6. The lowest BCUT2D eigenvalue weighted by molar-refractivity contribution is -0.114. The molecule has 146 valence electrons. The maximum absolute atomic E-state index is 12.5. The molecule has 0 aromatic heterocycles. The number of halogens is 1. The van der Waals surface area contributed by atoms with Crippen LogP contribution in [0, 0.1) is 6.92 Å². The molecule has 0 fully saturated rings. The topological polar surface area (TPSA) is 78.5 Å². The number of carbonyl (C=O) groups is 1. The molecule has 8 heteroatoms. The molecule has 0 saturated carbocycles. The van der Waals surface area contributed by atoms with Crippen molar-refractivity contribution in [2.24, 2.45) is 0 Å². The molecular weight excluding hydrogens is 386 g/mol. The zero-order chi connectivity index (χ0) is 20.0. The van der Waals surface area contributed by atoms with Crippen LogP contribution in [-0.4, -0.2) is 38.3 Å². The maximum Gasteiger partial charge on any atom is 0.243 e. The van der Waals surface area contributed by atoms with Crippen LogP contribution in [0.25, 0.3) is 0 Å². The van der Waals surface area contributed by atoms with E-state index in [2.05, 4.69) is 10.6 Å². The number of nitrogens with zero attached hydrogens (tertiary/aromatic N) is 1. The number of carbonyl (C=O) groups excluding carboxylic acids is 1. The van der Waals surface area contributed by atoms with Crippen molar-refractivity contribution in [3.8, 4) is 0 Å². The van der Waals surface area contributed by atoms with Gasteiger partial charge in [-0.25, -0.2) is 8.42 Å². The molecule has 1 amide bonds. The number of hydrogen-bond donors (Lipinski definition) is 2. The summed E-state index contributed by atoms with van der Waals surface area (Å²) in [5, 5.41) is 6.41. The van der Waals surface area contributed by atoms with Gasteiger partial charge in [0.1, 0.15) is 0 Å². The Kier molecular flexibility index (Phi) is 7.24. The molecule has 0 bridgehead atoms. The van der Waals surface area contributed by atoms with Crippen molar-refractivity contribution < 1.29 is 13.2 Å². The summed E-state index contributed by atoms with van der Waals surface area (Å²) in [6.07, 6.45) is 0. The highest BCUT2D eigenvalue weighted by Crippen LogP contribution is 2.23. The number of benzene rings is 2. The third kappa shape index (κ3) is 5.22. The smallest absolute Gasteiger partial charge is 0.243 e. The molecular formula is C19H24ClN3O3S. The van der Waals surface area contributed by atoms with Crippen LogP contribution in [0.3, 0.4) is 0 Å². The maximum atomic E-state index is 12.5. The van der Waals surface area contributed by atoms with E-state index < -0.39 is 10.0 Å². The number of hydrogen-bond acceptors (Lipinski definition) is 4. The Morgan fingerprint density at radius 1 is 1.07 bits per heavy atom. The number of sulfonamides is 1. The molecule has 0 heterocycles.